The zero-order valence-corrected chi connectivity index (χ0v) is 11.0. The second kappa shape index (κ2) is 5.97. The first-order valence-corrected chi connectivity index (χ1v) is 6.09. The van der Waals surface area contributed by atoms with Gasteiger partial charge in [0.05, 0.1) is 5.56 Å². The molecule has 0 radical (unpaired) electrons. The van der Waals surface area contributed by atoms with Gasteiger partial charge in [0.25, 0.3) is 5.91 Å². The van der Waals surface area contributed by atoms with E-state index in [1.165, 1.54) is 6.07 Å². The summed E-state index contributed by atoms with van der Waals surface area (Å²) < 4.78 is 0. The van der Waals surface area contributed by atoms with Gasteiger partial charge < -0.3 is 10.4 Å². The van der Waals surface area contributed by atoms with Gasteiger partial charge in [-0.2, -0.15) is 0 Å². The van der Waals surface area contributed by atoms with Gasteiger partial charge in [0.15, 0.2) is 0 Å². The Labute approximate surface area is 116 Å². The molecule has 0 bridgehead atoms. The molecule has 0 saturated heterocycles. The smallest absolute Gasteiger partial charge is 0.335 e. The lowest BCUT2D eigenvalue weighted by molar-refractivity contribution is 0.0696. The molecule has 0 spiro atoms. The number of aromatic carboxylic acids is 1. The van der Waals surface area contributed by atoms with Crippen LogP contribution < -0.4 is 5.32 Å². The molecule has 0 aliphatic rings. The third-order valence-electron chi connectivity index (χ3n) is 2.79. The molecule has 1 amide bonds. The summed E-state index contributed by atoms with van der Waals surface area (Å²) in [5.41, 5.74) is 2.25. The number of pyridine rings is 1. The molecule has 0 aliphatic carbocycles. The molecule has 5 nitrogen and oxygen atoms in total. The molecular formula is C15H14N2O3. The number of carboxylic acid groups (broad SMARTS) is 1. The minimum atomic E-state index is -0.983. The summed E-state index contributed by atoms with van der Waals surface area (Å²) in [4.78, 5) is 26.8. The lowest BCUT2D eigenvalue weighted by atomic mass is 10.1. The van der Waals surface area contributed by atoms with Crippen LogP contribution in [0.2, 0.25) is 0 Å². The molecule has 0 saturated carbocycles. The molecular weight excluding hydrogens is 256 g/mol. The van der Waals surface area contributed by atoms with Crippen LogP contribution in [0.1, 0.15) is 32.0 Å². The van der Waals surface area contributed by atoms with Gasteiger partial charge in [0, 0.05) is 24.0 Å². The maximum Gasteiger partial charge on any atom is 0.335 e. The summed E-state index contributed by atoms with van der Waals surface area (Å²) in [5.74, 6) is -1.20. The number of nitrogens with zero attached hydrogens (tertiary/aromatic N) is 1. The third-order valence-corrected chi connectivity index (χ3v) is 2.79. The normalized spacial score (nSPS) is 10.1. The SMILES string of the molecule is Cc1cc(C(=O)NCc2cccc(C(=O)O)c2)ccn1. The lowest BCUT2D eigenvalue weighted by Crippen LogP contribution is -2.23. The fraction of sp³-hybridized carbons (Fsp3) is 0.133. The van der Waals surface area contributed by atoms with Crippen molar-refractivity contribution in [3.8, 4) is 0 Å². The zero-order chi connectivity index (χ0) is 14.5. The first-order valence-electron chi connectivity index (χ1n) is 6.09. The van der Waals surface area contributed by atoms with Gasteiger partial charge in [-0.3, -0.25) is 9.78 Å². The van der Waals surface area contributed by atoms with Gasteiger partial charge in [0.2, 0.25) is 0 Å². The third kappa shape index (κ3) is 3.41. The second-order valence-corrected chi connectivity index (χ2v) is 4.37. The van der Waals surface area contributed by atoms with E-state index in [0.717, 1.165) is 11.3 Å². The fourth-order valence-electron chi connectivity index (χ4n) is 1.79. The number of carbonyl (C=O) groups excluding carboxylic acids is 1. The number of aryl methyl sites for hydroxylation is 1. The predicted octanol–water partition coefficient (Wildman–Crippen LogP) is 2.02. The van der Waals surface area contributed by atoms with Crippen molar-refractivity contribution < 1.29 is 14.7 Å². The highest BCUT2D eigenvalue weighted by Crippen LogP contribution is 2.06. The van der Waals surface area contributed by atoms with Crippen molar-refractivity contribution in [3.63, 3.8) is 0 Å². The number of carbonyl (C=O) groups is 2. The van der Waals surface area contributed by atoms with Gasteiger partial charge in [-0.15, -0.1) is 0 Å². The van der Waals surface area contributed by atoms with Gasteiger partial charge in [-0.05, 0) is 36.8 Å². The summed E-state index contributed by atoms with van der Waals surface area (Å²) >= 11 is 0. The fourth-order valence-corrected chi connectivity index (χ4v) is 1.79. The van der Waals surface area contributed by atoms with E-state index in [2.05, 4.69) is 10.3 Å². The second-order valence-electron chi connectivity index (χ2n) is 4.37. The number of nitrogens with one attached hydrogen (secondary N) is 1. The van der Waals surface area contributed by atoms with E-state index in [4.69, 9.17) is 5.11 Å². The van der Waals surface area contributed by atoms with Gasteiger partial charge in [-0.25, -0.2) is 4.79 Å². The molecule has 2 rings (SSSR count). The van der Waals surface area contributed by atoms with E-state index < -0.39 is 5.97 Å². The van der Waals surface area contributed by atoms with Gasteiger partial charge in [-0.1, -0.05) is 12.1 Å². The van der Waals surface area contributed by atoms with E-state index in [1.807, 2.05) is 6.92 Å². The molecule has 1 aromatic heterocycles. The van der Waals surface area contributed by atoms with Crippen LogP contribution in [0.3, 0.4) is 0 Å². The van der Waals surface area contributed by atoms with Crippen LogP contribution in [-0.2, 0) is 6.54 Å². The summed E-state index contributed by atoms with van der Waals surface area (Å²) in [6.07, 6.45) is 1.58. The van der Waals surface area contributed by atoms with Crippen molar-refractivity contribution in [1.82, 2.24) is 10.3 Å². The highest BCUT2D eigenvalue weighted by atomic mass is 16.4. The minimum absolute atomic E-state index is 0.205. The maximum absolute atomic E-state index is 11.9. The van der Waals surface area contributed by atoms with Crippen molar-refractivity contribution in [2.24, 2.45) is 0 Å². The number of benzene rings is 1. The summed E-state index contributed by atoms with van der Waals surface area (Å²) in [5, 5.41) is 11.6. The van der Waals surface area contributed by atoms with E-state index in [0.29, 0.717) is 5.56 Å². The Morgan fingerprint density at radius 1 is 1.20 bits per heavy atom. The van der Waals surface area contributed by atoms with Crippen LogP contribution in [0.4, 0.5) is 0 Å². The number of carboxylic acids is 1. The lowest BCUT2D eigenvalue weighted by Gasteiger charge is -2.06. The first kappa shape index (κ1) is 13.7. The molecule has 0 fully saturated rings. The molecule has 1 heterocycles. The molecule has 0 atom stereocenters. The van der Waals surface area contributed by atoms with Crippen LogP contribution in [0, 0.1) is 6.92 Å². The largest absolute Gasteiger partial charge is 0.478 e. The molecule has 102 valence electrons. The number of amides is 1. The molecule has 0 aliphatic heterocycles. The quantitative estimate of drug-likeness (QED) is 0.890. The topological polar surface area (TPSA) is 79.3 Å². The van der Waals surface area contributed by atoms with Crippen LogP contribution in [0.5, 0.6) is 0 Å². The van der Waals surface area contributed by atoms with Crippen LogP contribution in [-0.4, -0.2) is 22.0 Å². The van der Waals surface area contributed by atoms with Crippen molar-refractivity contribution in [2.45, 2.75) is 13.5 Å². The van der Waals surface area contributed by atoms with Crippen molar-refractivity contribution >= 4 is 11.9 Å². The molecule has 2 aromatic rings. The van der Waals surface area contributed by atoms with Crippen molar-refractivity contribution in [2.75, 3.05) is 0 Å². The molecule has 1 aromatic carbocycles. The van der Waals surface area contributed by atoms with Crippen molar-refractivity contribution in [3.05, 3.63) is 65.0 Å². The Morgan fingerprint density at radius 3 is 2.70 bits per heavy atom. The number of rotatable bonds is 4. The number of aromatic nitrogens is 1. The van der Waals surface area contributed by atoms with E-state index in [1.54, 1.807) is 36.5 Å². The highest BCUT2D eigenvalue weighted by molar-refractivity contribution is 5.94. The summed E-state index contributed by atoms with van der Waals surface area (Å²) in [6.45, 7) is 2.09. The summed E-state index contributed by atoms with van der Waals surface area (Å²) in [7, 11) is 0. The van der Waals surface area contributed by atoms with Crippen molar-refractivity contribution in [1.29, 1.82) is 0 Å². The number of hydrogen-bond donors (Lipinski definition) is 2. The van der Waals surface area contributed by atoms with Crippen LogP contribution in [0.15, 0.2) is 42.6 Å². The number of hydrogen-bond acceptors (Lipinski definition) is 3. The average Bonchev–Trinajstić information content (AvgIpc) is 2.45. The average molecular weight is 270 g/mol. The Balaban J connectivity index is 2.03. The Kier molecular flexibility index (Phi) is 4.10. The van der Waals surface area contributed by atoms with Crippen LogP contribution >= 0.6 is 0 Å². The molecule has 2 N–H and O–H groups in total. The predicted molar refractivity (Wildman–Crippen MR) is 73.5 cm³/mol. The Morgan fingerprint density at radius 2 is 2.00 bits per heavy atom. The molecule has 0 unspecified atom stereocenters. The van der Waals surface area contributed by atoms with Crippen LogP contribution in [0.25, 0.3) is 0 Å². The first-order chi connectivity index (χ1) is 9.56. The van der Waals surface area contributed by atoms with E-state index in [9.17, 15) is 9.59 Å². The Hall–Kier alpha value is -2.69. The maximum atomic E-state index is 11.9. The van der Waals surface area contributed by atoms with Gasteiger partial charge in [0.1, 0.15) is 0 Å². The zero-order valence-electron chi connectivity index (χ0n) is 11.0. The summed E-state index contributed by atoms with van der Waals surface area (Å²) in [6, 6.07) is 9.81. The monoisotopic (exact) mass is 270 g/mol. The van der Waals surface area contributed by atoms with Gasteiger partial charge >= 0.3 is 5.97 Å². The minimum Gasteiger partial charge on any atom is -0.478 e. The molecule has 20 heavy (non-hydrogen) atoms. The standard InChI is InChI=1S/C15H14N2O3/c1-10-7-12(5-6-16-10)14(18)17-9-11-3-2-4-13(8-11)15(19)20/h2-8H,9H2,1H3,(H,17,18)(H,19,20). The Bertz CT molecular complexity index is 653. The molecule has 5 heteroatoms. The van der Waals surface area contributed by atoms with E-state index >= 15 is 0 Å². The highest BCUT2D eigenvalue weighted by Gasteiger charge is 2.07. The van der Waals surface area contributed by atoms with E-state index in [-0.39, 0.29) is 18.0 Å².